The summed E-state index contributed by atoms with van der Waals surface area (Å²) >= 11 is 5.93. The van der Waals surface area contributed by atoms with Gasteiger partial charge in [-0.05, 0) is 24.1 Å². The number of benzene rings is 1. The number of nitrogen functional groups attached to an aromatic ring is 1. The molecule has 2 rings (SSSR count). The molecule has 4 N–H and O–H groups in total. The Morgan fingerprint density at radius 1 is 1.48 bits per heavy atom. The Hall–Kier alpha value is -2.21. The highest BCUT2D eigenvalue weighted by atomic mass is 35.5. The SMILES string of the molecule is COc1ccc(Cl)cc1NC(=O)c1n[nH]c(C(C)C)c1N. The lowest BCUT2D eigenvalue weighted by atomic mass is 10.1. The van der Waals surface area contributed by atoms with Crippen molar-refractivity contribution < 1.29 is 9.53 Å². The third-order valence-corrected chi connectivity index (χ3v) is 3.27. The number of aromatic amines is 1. The van der Waals surface area contributed by atoms with Crippen LogP contribution in [0.5, 0.6) is 5.75 Å². The summed E-state index contributed by atoms with van der Waals surface area (Å²) in [5.41, 5.74) is 7.65. The number of carbonyl (C=O) groups is 1. The van der Waals surface area contributed by atoms with Gasteiger partial charge in [-0.1, -0.05) is 25.4 Å². The van der Waals surface area contributed by atoms with Crippen molar-refractivity contribution >= 4 is 28.9 Å². The van der Waals surface area contributed by atoms with Gasteiger partial charge in [-0.25, -0.2) is 0 Å². The number of rotatable bonds is 4. The summed E-state index contributed by atoms with van der Waals surface area (Å²) in [6.45, 7) is 3.93. The maximum atomic E-state index is 12.3. The van der Waals surface area contributed by atoms with E-state index in [1.165, 1.54) is 7.11 Å². The Kier molecular flexibility index (Phi) is 4.37. The van der Waals surface area contributed by atoms with Gasteiger partial charge in [0.25, 0.3) is 5.91 Å². The van der Waals surface area contributed by atoms with Crippen molar-refractivity contribution in [3.63, 3.8) is 0 Å². The van der Waals surface area contributed by atoms with E-state index in [4.69, 9.17) is 22.1 Å². The van der Waals surface area contributed by atoms with Crippen LogP contribution in [0.1, 0.15) is 35.9 Å². The number of ether oxygens (including phenoxy) is 1. The predicted molar refractivity (Wildman–Crippen MR) is 83.0 cm³/mol. The third kappa shape index (κ3) is 3.11. The molecule has 6 nitrogen and oxygen atoms in total. The van der Waals surface area contributed by atoms with Crippen molar-refractivity contribution in [3.05, 3.63) is 34.6 Å². The van der Waals surface area contributed by atoms with Crippen LogP contribution in [0.3, 0.4) is 0 Å². The Labute approximate surface area is 127 Å². The smallest absolute Gasteiger partial charge is 0.278 e. The number of amides is 1. The molecule has 2 aromatic rings. The van der Waals surface area contributed by atoms with Crippen LogP contribution in [-0.2, 0) is 0 Å². The Balaban J connectivity index is 2.28. The number of methoxy groups -OCH3 is 1. The average Bonchev–Trinajstić information content (AvgIpc) is 2.81. The lowest BCUT2D eigenvalue weighted by Gasteiger charge is -2.10. The number of aromatic nitrogens is 2. The molecule has 0 atom stereocenters. The number of nitrogens with two attached hydrogens (primary N) is 1. The minimum Gasteiger partial charge on any atom is -0.495 e. The molecule has 0 radical (unpaired) electrons. The quantitative estimate of drug-likeness (QED) is 0.809. The molecule has 1 amide bonds. The highest BCUT2D eigenvalue weighted by molar-refractivity contribution is 6.31. The van der Waals surface area contributed by atoms with E-state index in [1.54, 1.807) is 18.2 Å². The number of hydrogen-bond acceptors (Lipinski definition) is 4. The minimum atomic E-state index is -0.420. The van der Waals surface area contributed by atoms with Crippen molar-refractivity contribution in [3.8, 4) is 5.75 Å². The van der Waals surface area contributed by atoms with Crippen molar-refractivity contribution in [1.82, 2.24) is 10.2 Å². The van der Waals surface area contributed by atoms with Crippen molar-refractivity contribution in [2.24, 2.45) is 0 Å². The molecule has 7 heteroatoms. The first-order valence-electron chi connectivity index (χ1n) is 6.42. The maximum absolute atomic E-state index is 12.3. The van der Waals surface area contributed by atoms with E-state index >= 15 is 0 Å². The first-order valence-corrected chi connectivity index (χ1v) is 6.80. The van der Waals surface area contributed by atoms with Crippen LogP contribution in [0.2, 0.25) is 5.02 Å². The van der Waals surface area contributed by atoms with Crippen LogP contribution in [0.4, 0.5) is 11.4 Å². The third-order valence-electron chi connectivity index (χ3n) is 3.04. The van der Waals surface area contributed by atoms with Gasteiger partial charge in [-0.15, -0.1) is 0 Å². The average molecular weight is 309 g/mol. The molecular formula is C14H17ClN4O2. The summed E-state index contributed by atoms with van der Waals surface area (Å²) < 4.78 is 5.18. The fraction of sp³-hybridized carbons (Fsp3) is 0.286. The first kappa shape index (κ1) is 15.2. The van der Waals surface area contributed by atoms with Crippen LogP contribution >= 0.6 is 11.6 Å². The van der Waals surface area contributed by atoms with Crippen molar-refractivity contribution in [2.45, 2.75) is 19.8 Å². The molecule has 0 aliphatic heterocycles. The minimum absolute atomic E-state index is 0.153. The molecule has 0 unspecified atom stereocenters. The summed E-state index contributed by atoms with van der Waals surface area (Å²) in [7, 11) is 1.51. The summed E-state index contributed by atoms with van der Waals surface area (Å²) in [5.74, 6) is 0.238. The molecule has 0 saturated heterocycles. The van der Waals surface area contributed by atoms with Gasteiger partial charge in [0.05, 0.1) is 24.2 Å². The van der Waals surface area contributed by atoms with E-state index in [9.17, 15) is 4.79 Å². The zero-order valence-electron chi connectivity index (χ0n) is 12.0. The number of halogens is 1. The van der Waals surface area contributed by atoms with Gasteiger partial charge in [-0.3, -0.25) is 9.89 Å². The zero-order chi connectivity index (χ0) is 15.6. The second-order valence-corrected chi connectivity index (χ2v) is 5.29. The number of nitrogens with one attached hydrogen (secondary N) is 2. The summed E-state index contributed by atoms with van der Waals surface area (Å²) in [4.78, 5) is 12.3. The van der Waals surface area contributed by atoms with Crippen molar-refractivity contribution in [1.29, 1.82) is 0 Å². The fourth-order valence-corrected chi connectivity index (χ4v) is 2.11. The van der Waals surface area contributed by atoms with Crippen LogP contribution in [-0.4, -0.2) is 23.2 Å². The molecule has 1 aromatic heterocycles. The van der Waals surface area contributed by atoms with Crippen LogP contribution in [0, 0.1) is 0 Å². The highest BCUT2D eigenvalue weighted by Crippen LogP contribution is 2.29. The number of hydrogen-bond donors (Lipinski definition) is 3. The summed E-state index contributed by atoms with van der Waals surface area (Å²) in [6, 6.07) is 4.95. The molecule has 0 aliphatic rings. The second-order valence-electron chi connectivity index (χ2n) is 4.85. The molecule has 0 aliphatic carbocycles. The molecule has 0 spiro atoms. The Bertz CT molecular complexity index is 667. The number of anilines is 2. The monoisotopic (exact) mass is 308 g/mol. The van der Waals surface area contributed by atoms with Gasteiger partial charge >= 0.3 is 0 Å². The van der Waals surface area contributed by atoms with Crippen molar-refractivity contribution in [2.75, 3.05) is 18.2 Å². The van der Waals surface area contributed by atoms with Gasteiger partial charge < -0.3 is 15.8 Å². The van der Waals surface area contributed by atoms with E-state index in [0.29, 0.717) is 22.1 Å². The number of carbonyl (C=O) groups excluding carboxylic acids is 1. The predicted octanol–water partition coefficient (Wildman–Crippen LogP) is 3.03. The molecule has 1 aromatic carbocycles. The molecule has 0 saturated carbocycles. The molecule has 1 heterocycles. The normalized spacial score (nSPS) is 10.7. The van der Waals surface area contributed by atoms with E-state index < -0.39 is 5.91 Å². The molecule has 0 fully saturated rings. The molecule has 0 bridgehead atoms. The molecule has 112 valence electrons. The Morgan fingerprint density at radius 3 is 2.76 bits per heavy atom. The second kappa shape index (κ2) is 6.05. The van der Waals surface area contributed by atoms with Gasteiger partial charge in [0.2, 0.25) is 0 Å². The highest BCUT2D eigenvalue weighted by Gasteiger charge is 2.20. The van der Waals surface area contributed by atoms with E-state index in [-0.39, 0.29) is 11.6 Å². The van der Waals surface area contributed by atoms with Crippen LogP contribution in [0.25, 0.3) is 0 Å². The summed E-state index contributed by atoms with van der Waals surface area (Å²) in [6.07, 6.45) is 0. The van der Waals surface area contributed by atoms with E-state index in [2.05, 4.69) is 15.5 Å². The summed E-state index contributed by atoms with van der Waals surface area (Å²) in [5, 5.41) is 9.95. The van der Waals surface area contributed by atoms with Gasteiger partial charge in [0, 0.05) is 5.02 Å². The lowest BCUT2D eigenvalue weighted by Crippen LogP contribution is -2.15. The maximum Gasteiger partial charge on any atom is 0.278 e. The Morgan fingerprint density at radius 2 is 2.19 bits per heavy atom. The lowest BCUT2D eigenvalue weighted by molar-refractivity contribution is 0.102. The van der Waals surface area contributed by atoms with E-state index in [0.717, 1.165) is 5.69 Å². The van der Waals surface area contributed by atoms with Crippen LogP contribution in [0.15, 0.2) is 18.2 Å². The topological polar surface area (TPSA) is 93.0 Å². The fourth-order valence-electron chi connectivity index (χ4n) is 1.94. The standard InChI is InChI=1S/C14H17ClN4O2/c1-7(2)12-11(16)13(19-18-12)14(20)17-9-6-8(15)4-5-10(9)21-3/h4-7H,16H2,1-3H3,(H,17,20)(H,18,19). The first-order chi connectivity index (χ1) is 9.93. The van der Waals surface area contributed by atoms with Gasteiger partial charge in [0.1, 0.15) is 5.75 Å². The number of H-pyrrole nitrogens is 1. The zero-order valence-corrected chi connectivity index (χ0v) is 12.8. The molecular weight excluding hydrogens is 292 g/mol. The van der Waals surface area contributed by atoms with Crippen LogP contribution < -0.4 is 15.8 Å². The molecule has 21 heavy (non-hydrogen) atoms. The van der Waals surface area contributed by atoms with E-state index in [1.807, 2.05) is 13.8 Å². The van der Waals surface area contributed by atoms with Gasteiger partial charge in [0.15, 0.2) is 5.69 Å². The van der Waals surface area contributed by atoms with Gasteiger partial charge in [-0.2, -0.15) is 5.10 Å². The number of nitrogens with zero attached hydrogens (tertiary/aromatic N) is 1. The largest absolute Gasteiger partial charge is 0.495 e.